The second kappa shape index (κ2) is 8.01. The molecule has 1 aromatic carbocycles. The van der Waals surface area contributed by atoms with Crippen molar-refractivity contribution in [3.05, 3.63) is 78.3 Å². The van der Waals surface area contributed by atoms with E-state index >= 15 is 0 Å². The molecule has 1 atom stereocenters. The maximum atomic E-state index is 14.0. The molecule has 29 heavy (non-hydrogen) atoms. The Hall–Kier alpha value is -3.88. The molecule has 0 spiro atoms. The number of H-pyrrole nitrogens is 1. The van der Waals surface area contributed by atoms with Crippen LogP contribution in [-0.2, 0) is 0 Å². The molecule has 3 heterocycles. The van der Waals surface area contributed by atoms with Gasteiger partial charge in [-0.2, -0.15) is 5.10 Å². The topological polar surface area (TPSA) is 91.4 Å². The van der Waals surface area contributed by atoms with E-state index in [-0.39, 0.29) is 0 Å². The van der Waals surface area contributed by atoms with Crippen molar-refractivity contribution < 1.29 is 8.78 Å². The van der Waals surface area contributed by atoms with Crippen molar-refractivity contribution in [1.29, 1.82) is 0 Å². The van der Waals surface area contributed by atoms with Gasteiger partial charge in [0.2, 0.25) is 0 Å². The zero-order valence-corrected chi connectivity index (χ0v) is 15.4. The molecule has 4 rings (SSSR count). The standard InChI is InChI=1S/C20H17F2N7/c1-12(14-6-5-13(21)8-15(14)22)26-18-10-19(25-11-24-18)27-20-9-17(28-29-20)16-4-2-3-7-23-16/h2-12H,1H3,(H3,24,25,26,27,28,29). The lowest BCUT2D eigenvalue weighted by Crippen LogP contribution is -2.10. The number of nitrogens with one attached hydrogen (secondary N) is 3. The quantitative estimate of drug-likeness (QED) is 0.448. The van der Waals surface area contributed by atoms with Gasteiger partial charge in [-0.1, -0.05) is 12.1 Å². The summed E-state index contributed by atoms with van der Waals surface area (Å²) in [4.78, 5) is 12.6. The zero-order chi connectivity index (χ0) is 20.2. The van der Waals surface area contributed by atoms with Gasteiger partial charge >= 0.3 is 0 Å². The highest BCUT2D eigenvalue weighted by atomic mass is 19.1. The van der Waals surface area contributed by atoms with Gasteiger partial charge in [0, 0.05) is 30.0 Å². The lowest BCUT2D eigenvalue weighted by molar-refractivity contribution is 0.566. The van der Waals surface area contributed by atoms with E-state index in [4.69, 9.17) is 0 Å². The molecule has 146 valence electrons. The highest BCUT2D eigenvalue weighted by Gasteiger charge is 2.13. The maximum Gasteiger partial charge on any atom is 0.154 e. The van der Waals surface area contributed by atoms with Gasteiger partial charge in [-0.25, -0.2) is 18.7 Å². The Kier molecular flexibility index (Phi) is 5.10. The first-order valence-corrected chi connectivity index (χ1v) is 8.86. The van der Waals surface area contributed by atoms with Crippen LogP contribution in [0.3, 0.4) is 0 Å². The van der Waals surface area contributed by atoms with E-state index in [1.54, 1.807) is 19.2 Å². The summed E-state index contributed by atoms with van der Waals surface area (Å²) in [6.45, 7) is 1.76. The van der Waals surface area contributed by atoms with Crippen LogP contribution >= 0.6 is 0 Å². The molecule has 4 aromatic rings. The number of aromatic nitrogens is 5. The van der Waals surface area contributed by atoms with Gasteiger partial charge in [-0.15, -0.1) is 0 Å². The molecule has 0 saturated carbocycles. The van der Waals surface area contributed by atoms with Gasteiger partial charge < -0.3 is 10.6 Å². The molecular formula is C20H17F2N7. The predicted molar refractivity (Wildman–Crippen MR) is 106 cm³/mol. The predicted octanol–water partition coefficient (Wildman–Crippen LogP) is 4.46. The number of benzene rings is 1. The summed E-state index contributed by atoms with van der Waals surface area (Å²) in [5.41, 5.74) is 1.88. The Balaban J connectivity index is 1.47. The van der Waals surface area contributed by atoms with Gasteiger partial charge in [0.15, 0.2) is 5.82 Å². The third-order valence-corrected chi connectivity index (χ3v) is 4.24. The Labute approximate surface area is 165 Å². The smallest absolute Gasteiger partial charge is 0.154 e. The lowest BCUT2D eigenvalue weighted by Gasteiger charge is -2.16. The summed E-state index contributed by atoms with van der Waals surface area (Å²) in [6, 6.07) is 12.2. The van der Waals surface area contributed by atoms with E-state index < -0.39 is 17.7 Å². The minimum atomic E-state index is -0.615. The van der Waals surface area contributed by atoms with Crippen LogP contribution in [0.25, 0.3) is 11.4 Å². The summed E-state index contributed by atoms with van der Waals surface area (Å²) in [5, 5.41) is 13.3. The number of hydrogen-bond donors (Lipinski definition) is 3. The average Bonchev–Trinajstić information content (AvgIpc) is 3.17. The van der Waals surface area contributed by atoms with Crippen LogP contribution < -0.4 is 10.6 Å². The Morgan fingerprint density at radius 1 is 0.931 bits per heavy atom. The summed E-state index contributed by atoms with van der Waals surface area (Å²) < 4.78 is 27.1. The monoisotopic (exact) mass is 393 g/mol. The van der Waals surface area contributed by atoms with Gasteiger partial charge in [-0.05, 0) is 25.1 Å². The van der Waals surface area contributed by atoms with E-state index in [1.807, 2.05) is 24.3 Å². The molecule has 3 N–H and O–H groups in total. The minimum Gasteiger partial charge on any atom is -0.363 e. The number of rotatable bonds is 6. The van der Waals surface area contributed by atoms with E-state index in [9.17, 15) is 8.78 Å². The maximum absolute atomic E-state index is 14.0. The first-order valence-electron chi connectivity index (χ1n) is 8.86. The number of halogens is 2. The minimum absolute atomic E-state index is 0.340. The van der Waals surface area contributed by atoms with Crippen LogP contribution in [-0.4, -0.2) is 25.1 Å². The molecule has 1 unspecified atom stereocenters. The van der Waals surface area contributed by atoms with E-state index in [0.717, 1.165) is 17.5 Å². The third-order valence-electron chi connectivity index (χ3n) is 4.24. The average molecular weight is 393 g/mol. The number of pyridine rings is 1. The van der Waals surface area contributed by atoms with Crippen molar-refractivity contribution in [2.45, 2.75) is 13.0 Å². The van der Waals surface area contributed by atoms with E-state index in [0.29, 0.717) is 23.0 Å². The van der Waals surface area contributed by atoms with Crippen LogP contribution in [0.4, 0.5) is 26.2 Å². The SMILES string of the molecule is CC(Nc1cc(Nc2cc(-c3ccccn3)[nH]n2)ncn1)c1ccc(F)cc1F. The van der Waals surface area contributed by atoms with Crippen molar-refractivity contribution in [3.8, 4) is 11.4 Å². The third kappa shape index (κ3) is 4.34. The van der Waals surface area contributed by atoms with Crippen molar-refractivity contribution in [2.24, 2.45) is 0 Å². The molecule has 0 saturated heterocycles. The molecule has 0 aliphatic rings. The normalized spacial score (nSPS) is 11.8. The van der Waals surface area contributed by atoms with Gasteiger partial charge in [0.05, 0.1) is 17.4 Å². The molecule has 0 fully saturated rings. The van der Waals surface area contributed by atoms with E-state index in [1.165, 1.54) is 18.5 Å². The summed E-state index contributed by atoms with van der Waals surface area (Å²) in [7, 11) is 0. The molecule has 0 aliphatic heterocycles. The highest BCUT2D eigenvalue weighted by Crippen LogP contribution is 2.24. The molecule has 0 aliphatic carbocycles. The second-order valence-electron chi connectivity index (χ2n) is 6.33. The van der Waals surface area contributed by atoms with Crippen LogP contribution in [0.15, 0.2) is 61.1 Å². The van der Waals surface area contributed by atoms with Crippen LogP contribution in [0.1, 0.15) is 18.5 Å². The van der Waals surface area contributed by atoms with Crippen LogP contribution in [0.2, 0.25) is 0 Å². The van der Waals surface area contributed by atoms with Crippen molar-refractivity contribution in [3.63, 3.8) is 0 Å². The van der Waals surface area contributed by atoms with Crippen molar-refractivity contribution in [2.75, 3.05) is 10.6 Å². The first-order chi connectivity index (χ1) is 14.1. The van der Waals surface area contributed by atoms with Crippen LogP contribution in [0, 0.1) is 11.6 Å². The van der Waals surface area contributed by atoms with Gasteiger partial charge in [0.25, 0.3) is 0 Å². The molecule has 7 nitrogen and oxygen atoms in total. The summed E-state index contributed by atoms with van der Waals surface area (Å²) in [6.07, 6.45) is 3.08. The largest absolute Gasteiger partial charge is 0.363 e. The molecule has 0 amide bonds. The fourth-order valence-electron chi connectivity index (χ4n) is 2.83. The second-order valence-corrected chi connectivity index (χ2v) is 6.33. The lowest BCUT2D eigenvalue weighted by atomic mass is 10.1. The molecule has 3 aromatic heterocycles. The fraction of sp³-hybridized carbons (Fsp3) is 0.100. The number of hydrogen-bond acceptors (Lipinski definition) is 6. The molecular weight excluding hydrogens is 376 g/mol. The Bertz CT molecular complexity index is 1110. The van der Waals surface area contributed by atoms with Gasteiger partial charge in [0.1, 0.15) is 29.6 Å². The first kappa shape index (κ1) is 18.5. The molecule has 9 heteroatoms. The Morgan fingerprint density at radius 2 is 1.79 bits per heavy atom. The van der Waals surface area contributed by atoms with Gasteiger partial charge in [-0.3, -0.25) is 10.1 Å². The van der Waals surface area contributed by atoms with E-state index in [2.05, 4.69) is 35.8 Å². The highest BCUT2D eigenvalue weighted by molar-refractivity contribution is 5.63. The van der Waals surface area contributed by atoms with Crippen LogP contribution in [0.5, 0.6) is 0 Å². The summed E-state index contributed by atoms with van der Waals surface area (Å²) >= 11 is 0. The molecule has 0 bridgehead atoms. The molecule has 0 radical (unpaired) electrons. The number of nitrogens with zero attached hydrogens (tertiary/aromatic N) is 4. The Morgan fingerprint density at radius 3 is 2.59 bits per heavy atom. The number of anilines is 3. The van der Waals surface area contributed by atoms with Crippen molar-refractivity contribution >= 4 is 17.5 Å². The zero-order valence-electron chi connectivity index (χ0n) is 15.4. The summed E-state index contributed by atoms with van der Waals surface area (Å²) in [5.74, 6) is 0.326. The fourth-order valence-corrected chi connectivity index (χ4v) is 2.83. The number of aromatic amines is 1. The van der Waals surface area contributed by atoms with Crippen molar-refractivity contribution in [1.82, 2.24) is 25.1 Å².